The van der Waals surface area contributed by atoms with Gasteiger partial charge in [0.15, 0.2) is 0 Å². The Labute approximate surface area is 258 Å². The minimum Gasteiger partial charge on any atom is -0.264 e. The summed E-state index contributed by atoms with van der Waals surface area (Å²) in [5.74, 6) is 0. The highest BCUT2D eigenvalue weighted by Gasteiger charge is 2.38. The van der Waals surface area contributed by atoms with Crippen LogP contribution in [0, 0.1) is 0 Å². The van der Waals surface area contributed by atoms with Gasteiger partial charge in [0.25, 0.3) is 0 Å². The molecule has 0 spiro atoms. The third-order valence-corrected chi connectivity index (χ3v) is 10.6. The number of hydrogen-bond donors (Lipinski definition) is 0. The van der Waals surface area contributed by atoms with Crippen LogP contribution in [0.3, 0.4) is 0 Å². The Morgan fingerprint density at radius 3 is 1.32 bits per heavy atom. The molecule has 0 fully saturated rings. The van der Waals surface area contributed by atoms with Gasteiger partial charge in [-0.3, -0.25) is 4.98 Å². The molecule has 0 saturated heterocycles. The third-order valence-electron chi connectivity index (χ3n) is 10.6. The first-order chi connectivity index (χ1) is 21.4. The predicted molar refractivity (Wildman–Crippen MR) is 185 cm³/mol. The van der Waals surface area contributed by atoms with Crippen LogP contribution in [0.15, 0.2) is 128 Å². The molecule has 0 amide bonds. The Hall–Kier alpha value is -5.01. The SMILES string of the molecule is CC1(C)c2ccccc2-c2c(-c3c4ccccc4c(-c4cccc5c4-c4ccccc4C5(C)C)c4cnccc34)cccc21. The maximum Gasteiger partial charge on any atom is 0.0353 e. The fourth-order valence-corrected chi connectivity index (χ4v) is 8.53. The molecule has 1 heteroatoms. The first kappa shape index (κ1) is 25.5. The fraction of sp³-hybridized carbons (Fsp3) is 0.140. The molecular weight excluding hydrogens is 530 g/mol. The molecular formula is C43H33N. The maximum atomic E-state index is 4.74. The average molecular weight is 564 g/mol. The van der Waals surface area contributed by atoms with Gasteiger partial charge in [0.2, 0.25) is 0 Å². The number of hydrogen-bond acceptors (Lipinski definition) is 1. The van der Waals surface area contributed by atoms with E-state index in [1.807, 2.05) is 6.20 Å². The van der Waals surface area contributed by atoms with Gasteiger partial charge in [-0.2, -0.15) is 0 Å². The topological polar surface area (TPSA) is 12.9 Å². The third kappa shape index (κ3) is 3.17. The zero-order valence-corrected chi connectivity index (χ0v) is 25.6. The van der Waals surface area contributed by atoms with E-state index in [2.05, 4.69) is 149 Å². The standard InChI is InChI=1S/C43H33N/c1-42(2)34-19-9-7-15-29(34)40-31(17-11-21-36(40)42)38-26-13-5-6-14-27(26)39(33-25-44-24-23-28(33)38)32-18-12-22-37-41(32)30-16-8-10-20-35(30)43(37,3)4/h5-25H,1-4H3. The Kier molecular flexibility index (Phi) is 5.08. The van der Waals surface area contributed by atoms with Gasteiger partial charge in [0.1, 0.15) is 0 Å². The number of fused-ring (bicyclic) bond motifs is 8. The first-order valence-electron chi connectivity index (χ1n) is 15.6. The van der Waals surface area contributed by atoms with E-state index in [1.54, 1.807) is 0 Å². The van der Waals surface area contributed by atoms with Gasteiger partial charge in [-0.25, -0.2) is 0 Å². The van der Waals surface area contributed by atoms with Crippen molar-refractivity contribution in [3.63, 3.8) is 0 Å². The monoisotopic (exact) mass is 563 g/mol. The molecule has 44 heavy (non-hydrogen) atoms. The summed E-state index contributed by atoms with van der Waals surface area (Å²) >= 11 is 0. The van der Waals surface area contributed by atoms with Gasteiger partial charge in [0.05, 0.1) is 0 Å². The largest absolute Gasteiger partial charge is 0.264 e. The molecule has 0 radical (unpaired) electrons. The van der Waals surface area contributed by atoms with Crippen LogP contribution in [0.4, 0.5) is 0 Å². The van der Waals surface area contributed by atoms with Gasteiger partial charge in [-0.05, 0) is 89.0 Å². The van der Waals surface area contributed by atoms with Gasteiger partial charge in [-0.1, -0.05) is 137 Å². The molecule has 1 aromatic heterocycles. The number of benzene rings is 6. The lowest BCUT2D eigenvalue weighted by Gasteiger charge is -2.23. The minimum absolute atomic E-state index is 0.0557. The molecule has 2 aliphatic rings. The van der Waals surface area contributed by atoms with E-state index in [0.717, 1.165) is 0 Å². The van der Waals surface area contributed by atoms with Crippen molar-refractivity contribution in [1.82, 2.24) is 4.98 Å². The van der Waals surface area contributed by atoms with Crippen molar-refractivity contribution in [2.45, 2.75) is 38.5 Å². The molecule has 0 saturated carbocycles. The summed E-state index contributed by atoms with van der Waals surface area (Å²) in [6.45, 7) is 9.44. The second kappa shape index (κ2) is 8.77. The Balaban J connectivity index is 1.43. The van der Waals surface area contributed by atoms with Crippen molar-refractivity contribution in [2.24, 2.45) is 0 Å². The van der Waals surface area contributed by atoms with Crippen LogP contribution < -0.4 is 0 Å². The van der Waals surface area contributed by atoms with E-state index in [4.69, 9.17) is 4.98 Å². The van der Waals surface area contributed by atoms with Gasteiger partial charge < -0.3 is 0 Å². The predicted octanol–water partition coefficient (Wildman–Crippen LogP) is 11.3. The van der Waals surface area contributed by atoms with Gasteiger partial charge in [0, 0.05) is 28.6 Å². The summed E-state index contributed by atoms with van der Waals surface area (Å²) < 4.78 is 0. The van der Waals surface area contributed by atoms with Crippen LogP contribution in [0.1, 0.15) is 49.9 Å². The quantitative estimate of drug-likeness (QED) is 0.191. The molecule has 7 aromatic rings. The summed E-state index contributed by atoms with van der Waals surface area (Å²) in [4.78, 5) is 4.74. The van der Waals surface area contributed by atoms with Crippen molar-refractivity contribution < 1.29 is 0 Å². The molecule has 0 unspecified atom stereocenters. The Bertz CT molecular complexity index is 2110. The van der Waals surface area contributed by atoms with Crippen molar-refractivity contribution in [3.8, 4) is 44.5 Å². The second-order valence-electron chi connectivity index (χ2n) is 13.5. The summed E-state index contributed by atoms with van der Waals surface area (Å²) in [7, 11) is 0. The normalized spacial score (nSPS) is 15.2. The van der Waals surface area contributed by atoms with Crippen LogP contribution in [-0.2, 0) is 10.8 Å². The second-order valence-corrected chi connectivity index (χ2v) is 13.5. The van der Waals surface area contributed by atoms with E-state index in [9.17, 15) is 0 Å². The minimum atomic E-state index is -0.0590. The molecule has 0 aliphatic heterocycles. The molecule has 210 valence electrons. The van der Waals surface area contributed by atoms with E-state index in [0.29, 0.717) is 0 Å². The molecule has 9 rings (SSSR count). The zero-order valence-electron chi connectivity index (χ0n) is 25.6. The highest BCUT2D eigenvalue weighted by atomic mass is 14.6. The number of nitrogens with zero attached hydrogens (tertiary/aromatic N) is 1. The van der Waals surface area contributed by atoms with Gasteiger partial charge in [-0.15, -0.1) is 0 Å². The molecule has 0 atom stereocenters. The van der Waals surface area contributed by atoms with Crippen molar-refractivity contribution in [3.05, 3.63) is 150 Å². The van der Waals surface area contributed by atoms with Crippen molar-refractivity contribution >= 4 is 21.5 Å². The summed E-state index contributed by atoms with van der Waals surface area (Å²) in [6.07, 6.45) is 4.05. The molecule has 1 nitrogen and oxygen atoms in total. The molecule has 2 aliphatic carbocycles. The van der Waals surface area contributed by atoms with E-state index in [-0.39, 0.29) is 10.8 Å². The Morgan fingerprint density at radius 2 is 0.773 bits per heavy atom. The van der Waals surface area contributed by atoms with Crippen LogP contribution in [-0.4, -0.2) is 4.98 Å². The number of aromatic nitrogens is 1. The highest BCUT2D eigenvalue weighted by Crippen LogP contribution is 2.56. The number of pyridine rings is 1. The van der Waals surface area contributed by atoms with E-state index >= 15 is 0 Å². The smallest absolute Gasteiger partial charge is 0.0353 e. The first-order valence-corrected chi connectivity index (χ1v) is 15.6. The summed E-state index contributed by atoms with van der Waals surface area (Å²) in [5.41, 5.74) is 16.0. The van der Waals surface area contributed by atoms with E-state index < -0.39 is 0 Å². The lowest BCUT2D eigenvalue weighted by molar-refractivity contribution is 0.660. The van der Waals surface area contributed by atoms with E-state index in [1.165, 1.54) is 88.3 Å². The van der Waals surface area contributed by atoms with Crippen LogP contribution >= 0.6 is 0 Å². The van der Waals surface area contributed by atoms with Crippen molar-refractivity contribution in [1.29, 1.82) is 0 Å². The molecule has 0 N–H and O–H groups in total. The van der Waals surface area contributed by atoms with Crippen LogP contribution in [0.25, 0.3) is 66.1 Å². The molecule has 0 bridgehead atoms. The average Bonchev–Trinajstić information content (AvgIpc) is 3.44. The highest BCUT2D eigenvalue weighted by molar-refractivity contribution is 6.23. The summed E-state index contributed by atoms with van der Waals surface area (Å²) in [5, 5.41) is 4.98. The zero-order chi connectivity index (χ0) is 29.8. The van der Waals surface area contributed by atoms with Crippen molar-refractivity contribution in [2.75, 3.05) is 0 Å². The summed E-state index contributed by atoms with van der Waals surface area (Å²) in [6, 6.07) is 43.0. The molecule has 1 heterocycles. The van der Waals surface area contributed by atoms with Crippen LogP contribution in [0.5, 0.6) is 0 Å². The van der Waals surface area contributed by atoms with Gasteiger partial charge >= 0.3 is 0 Å². The lowest BCUT2D eigenvalue weighted by Crippen LogP contribution is -2.14. The van der Waals surface area contributed by atoms with Crippen LogP contribution in [0.2, 0.25) is 0 Å². The Morgan fingerprint density at radius 1 is 0.364 bits per heavy atom. The maximum absolute atomic E-state index is 4.74. The molecule has 6 aromatic carbocycles. The fourth-order valence-electron chi connectivity index (χ4n) is 8.53. The number of rotatable bonds is 2. The lowest BCUT2D eigenvalue weighted by atomic mass is 9.80.